The Morgan fingerprint density at radius 3 is 2.71 bits per heavy atom. The van der Waals surface area contributed by atoms with Gasteiger partial charge >= 0.3 is 0 Å². The van der Waals surface area contributed by atoms with Crippen LogP contribution >= 0.6 is 38.9 Å². The van der Waals surface area contributed by atoms with Crippen LogP contribution in [0.3, 0.4) is 0 Å². The summed E-state index contributed by atoms with van der Waals surface area (Å²) in [4.78, 5) is 2.30. The zero-order valence-corrected chi connectivity index (χ0v) is 15.4. The molecule has 21 heavy (non-hydrogen) atoms. The van der Waals surface area contributed by atoms with Crippen molar-refractivity contribution < 1.29 is 0 Å². The van der Waals surface area contributed by atoms with Gasteiger partial charge in [-0.15, -0.1) is 11.3 Å². The molecular weight excluding hydrogens is 368 g/mol. The first-order valence-electron chi connectivity index (χ1n) is 6.95. The van der Waals surface area contributed by atoms with Gasteiger partial charge in [-0.3, -0.25) is 4.90 Å². The van der Waals surface area contributed by atoms with Gasteiger partial charge < -0.3 is 5.73 Å². The summed E-state index contributed by atoms with van der Waals surface area (Å²) in [6, 6.07) is 10.4. The molecule has 0 amide bonds. The number of nitrogens with two attached hydrogens (primary N) is 1. The van der Waals surface area contributed by atoms with Gasteiger partial charge in [0.2, 0.25) is 0 Å². The quantitative estimate of drug-likeness (QED) is 0.749. The Kier molecular flexibility index (Phi) is 6.26. The summed E-state index contributed by atoms with van der Waals surface area (Å²) in [5.41, 5.74) is 8.84. The number of hydrogen-bond donors (Lipinski definition) is 1. The van der Waals surface area contributed by atoms with Crippen LogP contribution in [0.25, 0.3) is 0 Å². The van der Waals surface area contributed by atoms with Crippen molar-refractivity contribution in [1.29, 1.82) is 0 Å². The van der Waals surface area contributed by atoms with E-state index in [1.54, 1.807) is 11.3 Å². The first-order valence-corrected chi connectivity index (χ1v) is 9.00. The molecular formula is C16H20BrClN2S. The third kappa shape index (κ3) is 4.54. The van der Waals surface area contributed by atoms with Gasteiger partial charge in [0.15, 0.2) is 0 Å². The summed E-state index contributed by atoms with van der Waals surface area (Å²) in [6.07, 6.45) is 0.925. The summed E-state index contributed by atoms with van der Waals surface area (Å²) in [6.45, 7) is 2.99. The molecule has 0 saturated heterocycles. The molecule has 0 aliphatic heterocycles. The van der Waals surface area contributed by atoms with Gasteiger partial charge in [0.25, 0.3) is 0 Å². The van der Waals surface area contributed by atoms with Crippen molar-refractivity contribution in [3.8, 4) is 0 Å². The van der Waals surface area contributed by atoms with Crippen LogP contribution in [0, 0.1) is 0 Å². The smallest absolute Gasteiger partial charge is 0.0701 e. The first-order chi connectivity index (χ1) is 10.0. The molecule has 2 atom stereocenters. The van der Waals surface area contributed by atoms with Gasteiger partial charge in [-0.2, -0.15) is 0 Å². The summed E-state index contributed by atoms with van der Waals surface area (Å²) < 4.78 is 1.16. The second kappa shape index (κ2) is 7.75. The van der Waals surface area contributed by atoms with Crippen LogP contribution in [0.2, 0.25) is 5.02 Å². The molecule has 1 heterocycles. The Hall–Kier alpha value is -0.390. The SMILES string of the molecule is CCC(N)C(c1cccc(Cl)c1)N(C)Cc1csc(Br)c1. The second-order valence-electron chi connectivity index (χ2n) is 5.25. The minimum atomic E-state index is 0.0792. The van der Waals surface area contributed by atoms with Crippen molar-refractivity contribution in [2.45, 2.75) is 32.0 Å². The third-order valence-electron chi connectivity index (χ3n) is 3.60. The van der Waals surface area contributed by atoms with E-state index in [0.29, 0.717) is 0 Å². The van der Waals surface area contributed by atoms with Crippen molar-refractivity contribution >= 4 is 38.9 Å². The average molecular weight is 388 g/mol. The Labute approximate surface area is 144 Å². The largest absolute Gasteiger partial charge is 0.326 e. The van der Waals surface area contributed by atoms with Crippen LogP contribution in [0.5, 0.6) is 0 Å². The van der Waals surface area contributed by atoms with Gasteiger partial charge in [0, 0.05) is 23.7 Å². The summed E-state index contributed by atoms with van der Waals surface area (Å²) >= 11 is 11.4. The number of benzene rings is 1. The van der Waals surface area contributed by atoms with Crippen molar-refractivity contribution in [3.63, 3.8) is 0 Å². The fourth-order valence-corrected chi connectivity index (χ4v) is 3.96. The highest BCUT2D eigenvalue weighted by Gasteiger charge is 2.23. The maximum absolute atomic E-state index is 6.37. The van der Waals surface area contributed by atoms with Crippen molar-refractivity contribution in [3.05, 3.63) is 55.6 Å². The maximum atomic E-state index is 6.37. The molecule has 2 nitrogen and oxygen atoms in total. The molecule has 0 aliphatic rings. The van der Waals surface area contributed by atoms with Crippen LogP contribution in [0.15, 0.2) is 39.5 Å². The zero-order chi connectivity index (χ0) is 15.4. The summed E-state index contributed by atoms with van der Waals surface area (Å²) in [7, 11) is 2.12. The van der Waals surface area contributed by atoms with Crippen LogP contribution in [0.4, 0.5) is 0 Å². The predicted molar refractivity (Wildman–Crippen MR) is 95.9 cm³/mol. The van der Waals surface area contributed by atoms with E-state index < -0.39 is 0 Å². The van der Waals surface area contributed by atoms with Gasteiger partial charge in [-0.1, -0.05) is 30.7 Å². The first kappa shape index (κ1) is 17.0. The molecule has 0 aliphatic carbocycles. The lowest BCUT2D eigenvalue weighted by Gasteiger charge is -2.32. The Morgan fingerprint density at radius 1 is 1.38 bits per heavy atom. The van der Waals surface area contributed by atoms with Crippen LogP contribution in [-0.4, -0.2) is 18.0 Å². The number of halogens is 2. The van der Waals surface area contributed by atoms with Crippen molar-refractivity contribution in [2.24, 2.45) is 5.73 Å². The fraction of sp³-hybridized carbons (Fsp3) is 0.375. The van der Waals surface area contributed by atoms with E-state index in [-0.39, 0.29) is 12.1 Å². The molecule has 0 radical (unpaired) electrons. The number of rotatable bonds is 6. The topological polar surface area (TPSA) is 29.3 Å². The minimum absolute atomic E-state index is 0.0792. The van der Waals surface area contributed by atoms with Gasteiger partial charge in [0.1, 0.15) is 0 Å². The van der Waals surface area contributed by atoms with E-state index in [1.807, 2.05) is 18.2 Å². The molecule has 2 aromatic rings. The van der Waals surface area contributed by atoms with E-state index >= 15 is 0 Å². The van der Waals surface area contributed by atoms with E-state index in [1.165, 1.54) is 11.1 Å². The number of thiophene rings is 1. The molecule has 5 heteroatoms. The van der Waals surface area contributed by atoms with Crippen molar-refractivity contribution in [2.75, 3.05) is 7.05 Å². The fourth-order valence-electron chi connectivity index (χ4n) is 2.56. The summed E-state index contributed by atoms with van der Waals surface area (Å²) in [5.74, 6) is 0. The van der Waals surface area contributed by atoms with Gasteiger partial charge in [0.05, 0.1) is 3.79 Å². The second-order valence-corrected chi connectivity index (χ2v) is 7.97. The highest BCUT2D eigenvalue weighted by molar-refractivity contribution is 9.11. The average Bonchev–Trinajstić information content (AvgIpc) is 2.84. The van der Waals surface area contributed by atoms with E-state index in [2.05, 4.69) is 52.3 Å². The summed E-state index contributed by atoms with van der Waals surface area (Å²) in [5, 5.41) is 2.93. The number of likely N-dealkylation sites (N-methyl/N-ethyl adjacent to an activating group) is 1. The molecule has 1 aromatic heterocycles. The highest BCUT2D eigenvalue weighted by Crippen LogP contribution is 2.29. The van der Waals surface area contributed by atoms with Gasteiger partial charge in [-0.25, -0.2) is 0 Å². The molecule has 0 bridgehead atoms. The molecule has 2 rings (SSSR count). The maximum Gasteiger partial charge on any atom is 0.0701 e. The molecule has 2 N–H and O–H groups in total. The molecule has 0 saturated carbocycles. The molecule has 114 valence electrons. The Bertz CT molecular complexity index is 587. The lowest BCUT2D eigenvalue weighted by Crippen LogP contribution is -2.38. The molecule has 2 unspecified atom stereocenters. The highest BCUT2D eigenvalue weighted by atomic mass is 79.9. The standard InChI is InChI=1S/C16H20BrClN2S/c1-3-14(19)16(12-5-4-6-13(18)8-12)20(2)9-11-7-15(17)21-10-11/h4-8,10,14,16H,3,9,19H2,1-2H3. The Morgan fingerprint density at radius 2 is 2.14 bits per heavy atom. The molecule has 0 spiro atoms. The molecule has 0 fully saturated rings. The van der Waals surface area contributed by atoms with E-state index in [9.17, 15) is 0 Å². The molecule has 1 aromatic carbocycles. The Balaban J connectivity index is 2.23. The minimum Gasteiger partial charge on any atom is -0.326 e. The normalized spacial score (nSPS) is 14.4. The number of hydrogen-bond acceptors (Lipinski definition) is 3. The zero-order valence-electron chi connectivity index (χ0n) is 12.2. The van der Waals surface area contributed by atoms with E-state index in [4.69, 9.17) is 17.3 Å². The monoisotopic (exact) mass is 386 g/mol. The third-order valence-corrected chi connectivity index (χ3v) is 5.38. The number of nitrogens with zero attached hydrogens (tertiary/aromatic N) is 1. The van der Waals surface area contributed by atoms with Crippen LogP contribution in [-0.2, 0) is 6.54 Å². The van der Waals surface area contributed by atoms with Crippen LogP contribution in [0.1, 0.15) is 30.5 Å². The van der Waals surface area contributed by atoms with E-state index in [0.717, 1.165) is 21.8 Å². The van der Waals surface area contributed by atoms with Gasteiger partial charge in [-0.05, 0) is 64.1 Å². The lowest BCUT2D eigenvalue weighted by atomic mass is 9.96. The predicted octanol–water partition coefficient (Wildman–Crippen LogP) is 5.07. The van der Waals surface area contributed by atoms with Crippen LogP contribution < -0.4 is 5.73 Å². The van der Waals surface area contributed by atoms with Crippen molar-refractivity contribution in [1.82, 2.24) is 4.90 Å². The lowest BCUT2D eigenvalue weighted by molar-refractivity contribution is 0.202.